The lowest BCUT2D eigenvalue weighted by Gasteiger charge is -1.96. The summed E-state index contributed by atoms with van der Waals surface area (Å²) in [7, 11) is 1.28. The highest BCUT2D eigenvalue weighted by atomic mass is 32.1. The summed E-state index contributed by atoms with van der Waals surface area (Å²) in [5, 5.41) is 0. The number of nitrogens with one attached hydrogen (secondary N) is 1. The Hall–Kier alpha value is -1.69. The van der Waals surface area contributed by atoms with Crippen LogP contribution in [0.25, 0.3) is 10.2 Å². The maximum absolute atomic E-state index is 11.3. The van der Waals surface area contributed by atoms with Crippen LogP contribution < -0.4 is 5.56 Å². The molecule has 2 rings (SSSR count). The number of carbonyl (C=O) groups is 1. The van der Waals surface area contributed by atoms with Gasteiger partial charge in [0.2, 0.25) is 5.56 Å². The highest BCUT2D eigenvalue weighted by Crippen LogP contribution is 2.22. The van der Waals surface area contributed by atoms with Crippen LogP contribution in [0.5, 0.6) is 0 Å². The minimum Gasteiger partial charge on any atom is -0.464 e. The van der Waals surface area contributed by atoms with Crippen LogP contribution in [0, 0.1) is 6.92 Å². The number of nitrogens with zero attached hydrogens (tertiary/aromatic N) is 1. The summed E-state index contributed by atoms with van der Waals surface area (Å²) >= 11 is 1.17. The number of aryl methyl sites for hydroxylation is 1. The fourth-order valence-corrected chi connectivity index (χ4v) is 2.12. The van der Waals surface area contributed by atoms with Gasteiger partial charge in [-0.2, -0.15) is 4.37 Å². The number of esters is 1. The number of ether oxygens (including phenoxy) is 1. The number of aromatic amines is 1. The Kier molecular flexibility index (Phi) is 2.28. The fraction of sp³-hybridized carbons (Fsp3) is 0.222. The third kappa shape index (κ3) is 1.52. The summed E-state index contributed by atoms with van der Waals surface area (Å²) in [5.41, 5.74) is 1.18. The number of aromatic nitrogens is 2. The molecule has 0 aliphatic heterocycles. The van der Waals surface area contributed by atoms with Crippen molar-refractivity contribution in [2.45, 2.75) is 6.92 Å². The number of fused-ring (bicyclic) bond motifs is 1. The van der Waals surface area contributed by atoms with E-state index in [2.05, 4.69) is 14.1 Å². The van der Waals surface area contributed by atoms with Gasteiger partial charge in [0.25, 0.3) is 0 Å². The van der Waals surface area contributed by atoms with Gasteiger partial charge in [0, 0.05) is 6.07 Å². The zero-order valence-electron chi connectivity index (χ0n) is 8.16. The van der Waals surface area contributed by atoms with Crippen molar-refractivity contribution in [1.29, 1.82) is 0 Å². The molecule has 1 N–H and O–H groups in total. The molecule has 2 heterocycles. The average Bonchev–Trinajstić information content (AvgIpc) is 2.60. The van der Waals surface area contributed by atoms with E-state index in [-0.39, 0.29) is 11.3 Å². The molecule has 0 atom stereocenters. The smallest absolute Gasteiger partial charge is 0.359 e. The molecule has 0 amide bonds. The summed E-state index contributed by atoms with van der Waals surface area (Å²) in [6.45, 7) is 1.80. The van der Waals surface area contributed by atoms with Gasteiger partial charge in [-0.3, -0.25) is 4.79 Å². The van der Waals surface area contributed by atoms with E-state index in [0.717, 1.165) is 10.3 Å². The predicted molar refractivity (Wildman–Crippen MR) is 56.3 cm³/mol. The molecule has 0 saturated heterocycles. The number of pyridine rings is 1. The molecule has 0 aliphatic rings. The second kappa shape index (κ2) is 3.47. The molecule has 0 aliphatic carbocycles. The molecule has 2 aromatic heterocycles. The van der Waals surface area contributed by atoms with Gasteiger partial charge in [0.05, 0.1) is 17.3 Å². The van der Waals surface area contributed by atoms with Crippen molar-refractivity contribution in [3.63, 3.8) is 0 Å². The number of methoxy groups -OCH3 is 1. The molecule has 78 valence electrons. The van der Waals surface area contributed by atoms with Crippen molar-refractivity contribution in [3.05, 3.63) is 27.7 Å². The Morgan fingerprint density at radius 2 is 2.33 bits per heavy atom. The van der Waals surface area contributed by atoms with Crippen LogP contribution in [-0.4, -0.2) is 22.4 Å². The number of hydrogen-bond acceptors (Lipinski definition) is 5. The molecule has 6 heteroatoms. The van der Waals surface area contributed by atoms with Crippen molar-refractivity contribution in [1.82, 2.24) is 9.36 Å². The number of hydrogen-bond donors (Lipinski definition) is 1. The molecule has 0 saturated carbocycles. The molecule has 0 bridgehead atoms. The molecule has 0 unspecified atom stereocenters. The number of carbonyl (C=O) groups excluding carboxylic acids is 1. The zero-order chi connectivity index (χ0) is 11.0. The van der Waals surface area contributed by atoms with E-state index in [0.29, 0.717) is 5.52 Å². The Balaban J connectivity index is 2.80. The monoisotopic (exact) mass is 224 g/mol. The van der Waals surface area contributed by atoms with Gasteiger partial charge < -0.3 is 9.72 Å². The minimum absolute atomic E-state index is 0.165. The minimum atomic E-state index is -0.539. The highest BCUT2D eigenvalue weighted by molar-refractivity contribution is 7.13. The Morgan fingerprint density at radius 1 is 1.60 bits per heavy atom. The fourth-order valence-electron chi connectivity index (χ4n) is 1.33. The Labute approximate surface area is 88.9 Å². The Bertz CT molecular complexity index is 585. The molecule has 0 spiro atoms. The molecule has 0 aromatic carbocycles. The first-order valence-electron chi connectivity index (χ1n) is 4.21. The number of H-pyrrole nitrogens is 1. The van der Waals surface area contributed by atoms with Crippen molar-refractivity contribution in [2.75, 3.05) is 7.11 Å². The number of rotatable bonds is 1. The first kappa shape index (κ1) is 9.85. The van der Waals surface area contributed by atoms with Crippen LogP contribution in [0.1, 0.15) is 16.1 Å². The van der Waals surface area contributed by atoms with E-state index in [9.17, 15) is 9.59 Å². The van der Waals surface area contributed by atoms with Gasteiger partial charge in [-0.15, -0.1) is 0 Å². The van der Waals surface area contributed by atoms with Gasteiger partial charge in [-0.1, -0.05) is 0 Å². The van der Waals surface area contributed by atoms with Gasteiger partial charge >= 0.3 is 5.97 Å². The first-order valence-corrected chi connectivity index (χ1v) is 4.98. The van der Waals surface area contributed by atoms with Crippen molar-refractivity contribution < 1.29 is 9.53 Å². The van der Waals surface area contributed by atoms with Gasteiger partial charge in [-0.05, 0) is 24.0 Å². The van der Waals surface area contributed by atoms with E-state index in [4.69, 9.17) is 0 Å². The topological polar surface area (TPSA) is 72.0 Å². The molecular formula is C9H8N2O3S. The summed E-state index contributed by atoms with van der Waals surface area (Å²) in [5.74, 6) is -0.539. The summed E-state index contributed by atoms with van der Waals surface area (Å²) in [4.78, 5) is 25.1. The highest BCUT2D eigenvalue weighted by Gasteiger charge is 2.16. The molecule has 2 aromatic rings. The lowest BCUT2D eigenvalue weighted by atomic mass is 10.2. The van der Waals surface area contributed by atoms with Crippen molar-refractivity contribution in [3.8, 4) is 0 Å². The molecule has 15 heavy (non-hydrogen) atoms. The van der Waals surface area contributed by atoms with Crippen molar-refractivity contribution in [2.24, 2.45) is 0 Å². The predicted octanol–water partition coefficient (Wildman–Crippen LogP) is 1.08. The summed E-state index contributed by atoms with van der Waals surface area (Å²) in [6.07, 6.45) is 0. The maximum atomic E-state index is 11.3. The molecule has 0 fully saturated rings. The van der Waals surface area contributed by atoms with E-state index >= 15 is 0 Å². The third-order valence-corrected chi connectivity index (χ3v) is 3.01. The average molecular weight is 224 g/mol. The van der Waals surface area contributed by atoms with Crippen molar-refractivity contribution >= 4 is 27.7 Å². The van der Waals surface area contributed by atoms with Crippen LogP contribution in [0.15, 0.2) is 10.9 Å². The second-order valence-electron chi connectivity index (χ2n) is 3.04. The lowest BCUT2D eigenvalue weighted by Crippen LogP contribution is -2.08. The third-order valence-electron chi connectivity index (χ3n) is 2.02. The second-order valence-corrected chi connectivity index (χ2v) is 3.82. The van der Waals surface area contributed by atoms with Crippen LogP contribution >= 0.6 is 11.5 Å². The van der Waals surface area contributed by atoms with Gasteiger partial charge in [0.15, 0.2) is 5.69 Å². The quantitative estimate of drug-likeness (QED) is 0.736. The van der Waals surface area contributed by atoms with Crippen LogP contribution in [0.4, 0.5) is 0 Å². The van der Waals surface area contributed by atoms with E-state index in [1.807, 2.05) is 0 Å². The van der Waals surface area contributed by atoms with Crippen LogP contribution in [0.3, 0.4) is 0 Å². The van der Waals surface area contributed by atoms with E-state index in [1.54, 1.807) is 6.92 Å². The van der Waals surface area contributed by atoms with Crippen LogP contribution in [0.2, 0.25) is 0 Å². The molecule has 5 nitrogen and oxygen atoms in total. The maximum Gasteiger partial charge on any atom is 0.359 e. The standard InChI is InChI=1S/C9H8N2O3S/c1-4-3-5(12)10-6-7(9(13)14-2)11-15-8(4)6/h3H,1-2H3,(H,10,12). The van der Waals surface area contributed by atoms with E-state index in [1.165, 1.54) is 24.7 Å². The largest absolute Gasteiger partial charge is 0.464 e. The van der Waals surface area contributed by atoms with Gasteiger partial charge in [-0.25, -0.2) is 4.79 Å². The SMILES string of the molecule is COC(=O)c1nsc2c(C)cc(=O)[nH]c12. The molecule has 0 radical (unpaired) electrons. The Morgan fingerprint density at radius 3 is 3.00 bits per heavy atom. The summed E-state index contributed by atoms with van der Waals surface area (Å²) in [6, 6.07) is 1.47. The van der Waals surface area contributed by atoms with Gasteiger partial charge in [0.1, 0.15) is 0 Å². The lowest BCUT2D eigenvalue weighted by molar-refractivity contribution is 0.0597. The van der Waals surface area contributed by atoms with Crippen LogP contribution in [-0.2, 0) is 4.74 Å². The molecular weight excluding hydrogens is 216 g/mol. The summed E-state index contributed by atoms with van der Waals surface area (Å²) < 4.78 is 9.33. The zero-order valence-corrected chi connectivity index (χ0v) is 8.97. The first-order chi connectivity index (χ1) is 7.13. The van der Waals surface area contributed by atoms with E-state index < -0.39 is 5.97 Å². The normalized spacial score (nSPS) is 10.5.